The van der Waals surface area contributed by atoms with Crippen LogP contribution in [0.25, 0.3) is 0 Å². The molecular formula is C13H12N2O2. The molecule has 86 valence electrons. The van der Waals surface area contributed by atoms with Gasteiger partial charge in [-0.3, -0.25) is 14.5 Å². The van der Waals surface area contributed by atoms with Crippen molar-refractivity contribution >= 4 is 11.8 Å². The van der Waals surface area contributed by atoms with E-state index < -0.39 is 0 Å². The van der Waals surface area contributed by atoms with Crippen molar-refractivity contribution in [1.29, 1.82) is 0 Å². The second-order valence-electron chi connectivity index (χ2n) is 3.90. The Balaban J connectivity index is 2.01. The van der Waals surface area contributed by atoms with Crippen molar-refractivity contribution in [2.75, 3.05) is 6.54 Å². The zero-order valence-electron chi connectivity index (χ0n) is 9.56. The van der Waals surface area contributed by atoms with E-state index in [1.165, 1.54) is 4.90 Å². The monoisotopic (exact) mass is 228 g/mol. The molecule has 4 heteroatoms. The molecular weight excluding hydrogens is 216 g/mol. The van der Waals surface area contributed by atoms with Gasteiger partial charge in [0, 0.05) is 19.0 Å². The van der Waals surface area contributed by atoms with Crippen LogP contribution in [0.3, 0.4) is 0 Å². The molecule has 0 bridgehead atoms. The number of aryl methyl sites for hydroxylation is 1. The van der Waals surface area contributed by atoms with Gasteiger partial charge < -0.3 is 0 Å². The van der Waals surface area contributed by atoms with E-state index in [0.29, 0.717) is 18.5 Å². The summed E-state index contributed by atoms with van der Waals surface area (Å²) in [6, 6.07) is 3.74. The smallest absolute Gasteiger partial charge is 0.230 e. The summed E-state index contributed by atoms with van der Waals surface area (Å²) in [5, 5.41) is 0. The lowest BCUT2D eigenvalue weighted by Gasteiger charge is -2.07. The number of hydrogen-bond acceptors (Lipinski definition) is 3. The third-order valence-corrected chi connectivity index (χ3v) is 2.52. The van der Waals surface area contributed by atoms with Crippen LogP contribution in [0, 0.1) is 18.8 Å². The highest BCUT2D eigenvalue weighted by Crippen LogP contribution is 2.10. The van der Waals surface area contributed by atoms with E-state index in [-0.39, 0.29) is 18.4 Å². The van der Waals surface area contributed by atoms with Crippen LogP contribution in [0.2, 0.25) is 0 Å². The molecule has 1 aromatic heterocycles. The van der Waals surface area contributed by atoms with Gasteiger partial charge in [0.05, 0.1) is 6.54 Å². The summed E-state index contributed by atoms with van der Waals surface area (Å²) in [6.07, 6.45) is 2.35. The Bertz CT molecular complexity index is 492. The maximum atomic E-state index is 11.3. The summed E-state index contributed by atoms with van der Waals surface area (Å²) in [5.74, 6) is 5.35. The summed E-state index contributed by atoms with van der Waals surface area (Å²) in [4.78, 5) is 27.9. The van der Waals surface area contributed by atoms with Crippen molar-refractivity contribution in [2.24, 2.45) is 0 Å². The highest BCUT2D eigenvalue weighted by atomic mass is 16.2. The number of carbonyl (C=O) groups excluding carboxylic acids is 2. The lowest BCUT2D eigenvalue weighted by Crippen LogP contribution is -2.29. The van der Waals surface area contributed by atoms with Crippen molar-refractivity contribution in [3.05, 3.63) is 29.6 Å². The van der Waals surface area contributed by atoms with Gasteiger partial charge in [0.2, 0.25) is 11.8 Å². The van der Waals surface area contributed by atoms with Crippen molar-refractivity contribution < 1.29 is 9.59 Å². The van der Waals surface area contributed by atoms with Crippen LogP contribution in [0.1, 0.15) is 24.1 Å². The van der Waals surface area contributed by atoms with Gasteiger partial charge in [-0.15, -0.1) is 0 Å². The fourth-order valence-corrected chi connectivity index (χ4v) is 1.55. The van der Waals surface area contributed by atoms with Crippen LogP contribution in [0.15, 0.2) is 18.3 Å². The third-order valence-electron chi connectivity index (χ3n) is 2.52. The molecule has 1 saturated heterocycles. The van der Waals surface area contributed by atoms with Crippen LogP contribution in [-0.2, 0) is 9.59 Å². The van der Waals surface area contributed by atoms with Crippen molar-refractivity contribution in [2.45, 2.75) is 19.8 Å². The number of aromatic nitrogens is 1. The molecule has 0 atom stereocenters. The predicted octanol–water partition coefficient (Wildman–Crippen LogP) is 0.891. The minimum atomic E-state index is -0.138. The fourth-order valence-electron chi connectivity index (χ4n) is 1.55. The number of likely N-dealkylation sites (tertiary alicyclic amines) is 1. The van der Waals surface area contributed by atoms with Crippen LogP contribution >= 0.6 is 0 Å². The molecule has 2 heterocycles. The van der Waals surface area contributed by atoms with Gasteiger partial charge in [0.25, 0.3) is 0 Å². The van der Waals surface area contributed by atoms with Crippen LogP contribution in [0.5, 0.6) is 0 Å². The Kier molecular flexibility index (Phi) is 3.20. The van der Waals surface area contributed by atoms with Crippen molar-refractivity contribution in [3.63, 3.8) is 0 Å². The molecule has 1 aliphatic rings. The largest absolute Gasteiger partial charge is 0.274 e. The van der Waals surface area contributed by atoms with Gasteiger partial charge >= 0.3 is 0 Å². The van der Waals surface area contributed by atoms with Gasteiger partial charge in [0.15, 0.2) is 0 Å². The SMILES string of the molecule is Cc1ccc(C#CCN2C(=O)CCC2=O)nc1. The first-order valence-electron chi connectivity index (χ1n) is 5.41. The van der Waals surface area contributed by atoms with E-state index in [1.807, 2.05) is 19.1 Å². The van der Waals surface area contributed by atoms with Crippen LogP contribution in [0.4, 0.5) is 0 Å². The van der Waals surface area contributed by atoms with E-state index in [1.54, 1.807) is 6.20 Å². The first-order chi connectivity index (χ1) is 8.16. The van der Waals surface area contributed by atoms with Crippen molar-refractivity contribution in [3.8, 4) is 11.8 Å². The van der Waals surface area contributed by atoms with Crippen LogP contribution < -0.4 is 0 Å². The van der Waals surface area contributed by atoms with Gasteiger partial charge in [-0.05, 0) is 24.5 Å². The maximum Gasteiger partial charge on any atom is 0.230 e. The molecule has 0 saturated carbocycles. The first kappa shape index (κ1) is 11.3. The number of amides is 2. The number of hydrogen-bond donors (Lipinski definition) is 0. The lowest BCUT2D eigenvalue weighted by molar-refractivity contribution is -0.137. The van der Waals surface area contributed by atoms with Gasteiger partial charge in [0.1, 0.15) is 5.69 Å². The minimum absolute atomic E-state index is 0.138. The molecule has 0 aliphatic carbocycles. The van der Waals surface area contributed by atoms with E-state index in [2.05, 4.69) is 16.8 Å². The number of pyridine rings is 1. The summed E-state index contributed by atoms with van der Waals surface area (Å²) >= 11 is 0. The summed E-state index contributed by atoms with van der Waals surface area (Å²) in [6.45, 7) is 2.11. The number of rotatable bonds is 1. The second kappa shape index (κ2) is 4.79. The Morgan fingerprint density at radius 1 is 1.29 bits per heavy atom. The Morgan fingerprint density at radius 2 is 2.00 bits per heavy atom. The maximum absolute atomic E-state index is 11.3. The summed E-state index contributed by atoms with van der Waals surface area (Å²) in [5.41, 5.74) is 1.72. The Labute approximate surface area is 99.6 Å². The molecule has 2 amide bonds. The molecule has 0 N–H and O–H groups in total. The summed E-state index contributed by atoms with van der Waals surface area (Å²) in [7, 11) is 0. The standard InChI is InChI=1S/C13H12N2O2/c1-10-4-5-11(14-9-10)3-2-8-15-12(16)6-7-13(15)17/h4-5,9H,6-8H2,1H3. The average Bonchev–Trinajstić information content (AvgIpc) is 2.63. The highest BCUT2D eigenvalue weighted by molar-refractivity contribution is 6.02. The topological polar surface area (TPSA) is 50.3 Å². The molecule has 0 aromatic carbocycles. The number of imide groups is 1. The fraction of sp³-hybridized carbons (Fsp3) is 0.308. The molecule has 17 heavy (non-hydrogen) atoms. The molecule has 0 spiro atoms. The van der Waals surface area contributed by atoms with Gasteiger partial charge in [-0.1, -0.05) is 12.0 Å². The van der Waals surface area contributed by atoms with E-state index >= 15 is 0 Å². The second-order valence-corrected chi connectivity index (χ2v) is 3.90. The molecule has 0 unspecified atom stereocenters. The van der Waals surface area contributed by atoms with E-state index in [0.717, 1.165) is 5.56 Å². The zero-order chi connectivity index (χ0) is 12.3. The number of carbonyl (C=O) groups is 2. The average molecular weight is 228 g/mol. The van der Waals surface area contributed by atoms with E-state index in [9.17, 15) is 9.59 Å². The highest BCUT2D eigenvalue weighted by Gasteiger charge is 2.27. The van der Waals surface area contributed by atoms with E-state index in [4.69, 9.17) is 0 Å². The summed E-state index contributed by atoms with van der Waals surface area (Å²) < 4.78 is 0. The number of nitrogens with zero attached hydrogens (tertiary/aromatic N) is 2. The molecule has 4 nitrogen and oxygen atoms in total. The van der Waals surface area contributed by atoms with Crippen LogP contribution in [-0.4, -0.2) is 28.2 Å². The lowest BCUT2D eigenvalue weighted by atomic mass is 10.3. The van der Waals surface area contributed by atoms with Gasteiger partial charge in [-0.2, -0.15) is 0 Å². The molecule has 1 aromatic rings. The minimum Gasteiger partial charge on any atom is -0.274 e. The van der Waals surface area contributed by atoms with Gasteiger partial charge in [-0.25, -0.2) is 4.98 Å². The third kappa shape index (κ3) is 2.70. The molecule has 0 radical (unpaired) electrons. The normalized spacial score (nSPS) is 14.8. The molecule has 1 aliphatic heterocycles. The Morgan fingerprint density at radius 3 is 2.59 bits per heavy atom. The zero-order valence-corrected chi connectivity index (χ0v) is 9.56. The predicted molar refractivity (Wildman–Crippen MR) is 61.8 cm³/mol. The van der Waals surface area contributed by atoms with Crippen molar-refractivity contribution in [1.82, 2.24) is 9.88 Å². The molecule has 1 fully saturated rings. The quantitative estimate of drug-likeness (QED) is 0.530. The first-order valence-corrected chi connectivity index (χ1v) is 5.41. The molecule has 2 rings (SSSR count). The Hall–Kier alpha value is -2.15.